The molecule has 2 saturated heterocycles. The van der Waals surface area contributed by atoms with Gasteiger partial charge in [-0.05, 0) is 18.3 Å². The van der Waals surface area contributed by atoms with Gasteiger partial charge in [0.15, 0.2) is 0 Å². The summed E-state index contributed by atoms with van der Waals surface area (Å²) in [6.45, 7) is 5.42. The van der Waals surface area contributed by atoms with Crippen LogP contribution in [0.3, 0.4) is 0 Å². The minimum atomic E-state index is -4.47. The lowest BCUT2D eigenvalue weighted by Crippen LogP contribution is -2.58. The van der Waals surface area contributed by atoms with E-state index >= 15 is 0 Å². The molecule has 2 fully saturated rings. The van der Waals surface area contributed by atoms with E-state index in [9.17, 15) is 21.6 Å². The first kappa shape index (κ1) is 22.9. The second-order valence-electron chi connectivity index (χ2n) is 6.96. The molecular weight excluding hydrogens is 381 g/mol. The molecule has 150 valence electrons. The minimum absolute atomic E-state index is 0. The third-order valence-electron chi connectivity index (χ3n) is 4.60. The molecule has 2 N–H and O–H groups in total. The zero-order valence-corrected chi connectivity index (χ0v) is 16.2. The average molecular weight is 409 g/mol. The molecule has 2 heterocycles. The van der Waals surface area contributed by atoms with E-state index in [0.29, 0.717) is 26.2 Å². The number of piperidine rings is 1. The summed E-state index contributed by atoms with van der Waals surface area (Å²) in [5.74, 6) is 0.411. The normalized spacial score (nSPS) is 28.4. The number of nitrogens with zero attached hydrogens (tertiary/aromatic N) is 2. The first-order chi connectivity index (χ1) is 11.1. The van der Waals surface area contributed by atoms with E-state index in [1.807, 2.05) is 13.8 Å². The molecule has 0 aromatic carbocycles. The van der Waals surface area contributed by atoms with E-state index in [1.165, 1.54) is 9.21 Å². The van der Waals surface area contributed by atoms with Crippen LogP contribution in [0.4, 0.5) is 13.2 Å². The van der Waals surface area contributed by atoms with Crippen molar-refractivity contribution in [3.05, 3.63) is 0 Å². The van der Waals surface area contributed by atoms with E-state index in [0.717, 1.165) is 6.42 Å². The molecule has 2 rings (SSSR count). The Morgan fingerprint density at radius 2 is 1.68 bits per heavy atom. The van der Waals surface area contributed by atoms with Crippen LogP contribution in [0.1, 0.15) is 20.3 Å². The second kappa shape index (κ2) is 9.18. The van der Waals surface area contributed by atoms with Crippen molar-refractivity contribution >= 4 is 22.6 Å². The highest BCUT2D eigenvalue weighted by atomic mass is 35.5. The molecule has 0 bridgehead atoms. The van der Waals surface area contributed by atoms with Gasteiger partial charge in [0.25, 0.3) is 10.2 Å². The Hall–Kier alpha value is -0.130. The Morgan fingerprint density at radius 1 is 1.16 bits per heavy atom. The number of nitrogens with one attached hydrogen (secondary N) is 2. The van der Waals surface area contributed by atoms with Crippen molar-refractivity contribution in [1.29, 1.82) is 0 Å². The molecule has 0 saturated carbocycles. The standard InChI is InChI=1S/C14H27F3N4O2S.ClH/c1-11-7-12(2)10-21(9-11)24(22,23)19-8-13(14(15,16)17)20-5-3-18-4-6-20;/h11-13,18-19H,3-10H2,1-2H3;1H. The van der Waals surface area contributed by atoms with Crippen LogP contribution in [0.2, 0.25) is 0 Å². The summed E-state index contributed by atoms with van der Waals surface area (Å²) in [6.07, 6.45) is -3.54. The molecule has 6 nitrogen and oxygen atoms in total. The lowest BCUT2D eigenvalue weighted by Gasteiger charge is -2.37. The van der Waals surface area contributed by atoms with Gasteiger partial charge in [-0.1, -0.05) is 13.8 Å². The van der Waals surface area contributed by atoms with Crippen LogP contribution < -0.4 is 10.0 Å². The number of alkyl halides is 3. The van der Waals surface area contributed by atoms with Crippen molar-refractivity contribution in [3.8, 4) is 0 Å². The Kier molecular flexibility index (Phi) is 8.42. The maximum Gasteiger partial charge on any atom is 0.405 e. The number of hydrogen-bond donors (Lipinski definition) is 2. The minimum Gasteiger partial charge on any atom is -0.314 e. The molecule has 25 heavy (non-hydrogen) atoms. The van der Waals surface area contributed by atoms with Crippen LogP contribution in [0.25, 0.3) is 0 Å². The lowest BCUT2D eigenvalue weighted by molar-refractivity contribution is -0.182. The molecule has 0 aromatic rings. The maximum atomic E-state index is 13.3. The van der Waals surface area contributed by atoms with Gasteiger partial charge >= 0.3 is 6.18 Å². The maximum absolute atomic E-state index is 13.3. The Labute approximate surface area is 154 Å². The number of piperazine rings is 1. The van der Waals surface area contributed by atoms with E-state index in [4.69, 9.17) is 0 Å². The van der Waals surface area contributed by atoms with E-state index in [1.54, 1.807) is 0 Å². The summed E-state index contributed by atoms with van der Waals surface area (Å²) < 4.78 is 68.3. The summed E-state index contributed by atoms with van der Waals surface area (Å²) in [4.78, 5) is 1.29. The summed E-state index contributed by atoms with van der Waals surface area (Å²) >= 11 is 0. The van der Waals surface area contributed by atoms with Crippen molar-refractivity contribution in [3.63, 3.8) is 0 Å². The van der Waals surface area contributed by atoms with Crippen LogP contribution in [-0.2, 0) is 10.2 Å². The summed E-state index contributed by atoms with van der Waals surface area (Å²) in [6, 6.07) is -1.80. The highest BCUT2D eigenvalue weighted by Crippen LogP contribution is 2.26. The van der Waals surface area contributed by atoms with Crippen LogP contribution in [-0.4, -0.2) is 75.7 Å². The van der Waals surface area contributed by atoms with Gasteiger partial charge in [-0.3, -0.25) is 4.90 Å². The van der Waals surface area contributed by atoms with Gasteiger partial charge in [0.2, 0.25) is 0 Å². The predicted molar refractivity (Wildman–Crippen MR) is 93.0 cm³/mol. The zero-order valence-electron chi connectivity index (χ0n) is 14.6. The molecule has 0 radical (unpaired) electrons. The summed E-state index contributed by atoms with van der Waals surface area (Å²) in [5, 5.41) is 3.00. The fraction of sp³-hybridized carbons (Fsp3) is 1.00. The first-order valence-electron chi connectivity index (χ1n) is 8.36. The van der Waals surface area contributed by atoms with E-state index in [-0.39, 0.29) is 37.3 Å². The zero-order chi connectivity index (χ0) is 18.0. The quantitative estimate of drug-likeness (QED) is 0.714. The van der Waals surface area contributed by atoms with Gasteiger partial charge in [0.1, 0.15) is 6.04 Å². The molecule has 11 heteroatoms. The van der Waals surface area contributed by atoms with E-state index < -0.39 is 29.0 Å². The van der Waals surface area contributed by atoms with Gasteiger partial charge in [0.05, 0.1) is 0 Å². The van der Waals surface area contributed by atoms with Crippen molar-refractivity contribution in [2.45, 2.75) is 32.5 Å². The average Bonchev–Trinajstić information content (AvgIpc) is 2.46. The van der Waals surface area contributed by atoms with Crippen LogP contribution >= 0.6 is 12.4 Å². The highest BCUT2D eigenvalue weighted by Gasteiger charge is 2.44. The fourth-order valence-electron chi connectivity index (χ4n) is 3.52. The van der Waals surface area contributed by atoms with Crippen LogP contribution in [0.15, 0.2) is 0 Å². The highest BCUT2D eigenvalue weighted by molar-refractivity contribution is 7.87. The second-order valence-corrected chi connectivity index (χ2v) is 8.72. The first-order valence-corrected chi connectivity index (χ1v) is 9.80. The lowest BCUT2D eigenvalue weighted by atomic mass is 9.94. The van der Waals surface area contributed by atoms with Gasteiger partial charge in [0, 0.05) is 45.8 Å². The van der Waals surface area contributed by atoms with Crippen molar-refractivity contribution in [2.75, 3.05) is 45.8 Å². The molecule has 0 spiro atoms. The molecule has 0 aliphatic carbocycles. The monoisotopic (exact) mass is 408 g/mol. The van der Waals surface area contributed by atoms with Gasteiger partial charge in [-0.2, -0.15) is 25.9 Å². The fourth-order valence-corrected chi connectivity index (χ4v) is 4.98. The Morgan fingerprint density at radius 3 is 2.16 bits per heavy atom. The van der Waals surface area contributed by atoms with Crippen molar-refractivity contribution < 1.29 is 21.6 Å². The number of halogens is 4. The summed E-state index contributed by atoms with van der Waals surface area (Å²) in [5.41, 5.74) is 0. The molecule has 3 unspecified atom stereocenters. The topological polar surface area (TPSA) is 64.7 Å². The summed E-state index contributed by atoms with van der Waals surface area (Å²) in [7, 11) is -3.90. The molecule has 2 aliphatic heterocycles. The Bertz CT molecular complexity index is 505. The predicted octanol–water partition coefficient (Wildman–Crippen LogP) is 1.06. The van der Waals surface area contributed by atoms with Crippen LogP contribution in [0.5, 0.6) is 0 Å². The van der Waals surface area contributed by atoms with Crippen molar-refractivity contribution in [2.24, 2.45) is 11.8 Å². The molecule has 0 aromatic heterocycles. The van der Waals surface area contributed by atoms with E-state index in [2.05, 4.69) is 10.0 Å². The molecular formula is C14H28ClF3N4O2S. The Balaban J connectivity index is 0.00000312. The largest absolute Gasteiger partial charge is 0.405 e. The molecule has 0 amide bonds. The van der Waals surface area contributed by atoms with Gasteiger partial charge in [-0.15, -0.1) is 12.4 Å². The van der Waals surface area contributed by atoms with Gasteiger partial charge in [-0.25, -0.2) is 4.72 Å². The number of rotatable bonds is 5. The third kappa shape index (κ3) is 6.51. The smallest absolute Gasteiger partial charge is 0.314 e. The molecule has 3 atom stereocenters. The van der Waals surface area contributed by atoms with Gasteiger partial charge < -0.3 is 5.32 Å². The molecule has 2 aliphatic rings. The SMILES string of the molecule is CC1CC(C)CN(S(=O)(=O)NCC(N2CCNCC2)C(F)(F)F)C1.Cl. The van der Waals surface area contributed by atoms with Crippen LogP contribution in [0, 0.1) is 11.8 Å². The van der Waals surface area contributed by atoms with Crippen molar-refractivity contribution in [1.82, 2.24) is 19.2 Å². The number of hydrogen-bond acceptors (Lipinski definition) is 4. The third-order valence-corrected chi connectivity index (χ3v) is 6.11.